The molecular weight excluding hydrogens is 416 g/mol. The molecule has 3 aromatic rings. The minimum atomic E-state index is -0.303. The lowest BCUT2D eigenvalue weighted by Gasteiger charge is -2.35. The van der Waals surface area contributed by atoms with Gasteiger partial charge in [0.2, 0.25) is 5.43 Å². The first kappa shape index (κ1) is 21.6. The third kappa shape index (κ3) is 4.10. The van der Waals surface area contributed by atoms with Gasteiger partial charge in [-0.1, -0.05) is 0 Å². The maximum absolute atomic E-state index is 13.1. The predicted octanol–water partition coefficient (Wildman–Crippen LogP) is 2.79. The van der Waals surface area contributed by atoms with Crippen molar-refractivity contribution in [2.24, 2.45) is 0 Å². The molecule has 1 saturated heterocycles. The number of nitrogens with one attached hydrogen (secondary N) is 1. The van der Waals surface area contributed by atoms with Crippen LogP contribution in [0.15, 0.2) is 29.5 Å². The molecule has 8 heteroatoms. The number of hydrogen-bond donors (Lipinski definition) is 1. The Hall–Kier alpha value is -3.29. The van der Waals surface area contributed by atoms with E-state index in [0.717, 1.165) is 50.3 Å². The number of rotatable bonds is 4. The third-order valence-corrected chi connectivity index (χ3v) is 6.88. The topological polar surface area (TPSA) is 93.0 Å². The van der Waals surface area contributed by atoms with Gasteiger partial charge in [0.05, 0.1) is 5.39 Å². The van der Waals surface area contributed by atoms with Crippen LogP contribution in [0.1, 0.15) is 59.9 Å². The Morgan fingerprint density at radius 2 is 1.94 bits per heavy atom. The van der Waals surface area contributed by atoms with E-state index in [9.17, 15) is 9.59 Å². The molecule has 0 atom stereocenters. The number of pyridine rings is 2. The number of amides is 1. The van der Waals surface area contributed by atoms with Gasteiger partial charge in [-0.15, -0.1) is 0 Å². The van der Waals surface area contributed by atoms with Gasteiger partial charge in [0.25, 0.3) is 5.91 Å². The average molecular weight is 447 g/mol. The second-order valence-electron chi connectivity index (χ2n) is 9.05. The van der Waals surface area contributed by atoms with Gasteiger partial charge in [-0.3, -0.25) is 9.59 Å². The lowest BCUT2D eigenvalue weighted by atomic mass is 9.95. The van der Waals surface area contributed by atoms with E-state index in [0.29, 0.717) is 17.6 Å². The zero-order chi connectivity index (χ0) is 22.9. The van der Waals surface area contributed by atoms with Crippen LogP contribution in [0.3, 0.4) is 0 Å². The number of anilines is 1. The second kappa shape index (κ2) is 8.92. The first-order valence-electron chi connectivity index (χ1n) is 11.9. The minimum absolute atomic E-state index is 0.0349. The number of aryl methyl sites for hydroxylation is 3. The number of fused-ring (bicyclic) bond motifs is 2. The molecular formula is C25H30N6O2. The van der Waals surface area contributed by atoms with E-state index in [1.807, 2.05) is 24.5 Å². The highest BCUT2D eigenvalue weighted by Gasteiger charge is 2.26. The summed E-state index contributed by atoms with van der Waals surface area (Å²) in [7, 11) is 0. The van der Waals surface area contributed by atoms with Crippen molar-refractivity contribution in [3.8, 4) is 0 Å². The first-order valence-corrected chi connectivity index (χ1v) is 11.9. The van der Waals surface area contributed by atoms with Gasteiger partial charge in [0.15, 0.2) is 0 Å². The van der Waals surface area contributed by atoms with Crippen LogP contribution in [-0.2, 0) is 19.4 Å². The van der Waals surface area contributed by atoms with Gasteiger partial charge in [0.1, 0.15) is 23.4 Å². The van der Waals surface area contributed by atoms with Crippen molar-refractivity contribution in [2.75, 3.05) is 18.0 Å². The van der Waals surface area contributed by atoms with E-state index in [1.165, 1.54) is 24.1 Å². The largest absolute Gasteiger partial charge is 0.356 e. The SMILES string of the molecule is CCn1cc(C(=O)NC2CCN(c3ncnc4c3CCCC4)CC2)c(=O)c2ccc(C)nc21. The van der Waals surface area contributed by atoms with Crippen molar-refractivity contribution >= 4 is 22.8 Å². The molecule has 8 nitrogen and oxygen atoms in total. The number of piperidine rings is 1. The highest BCUT2D eigenvalue weighted by Crippen LogP contribution is 2.29. The number of hydrogen-bond acceptors (Lipinski definition) is 6. The first-order chi connectivity index (χ1) is 16.0. The molecule has 5 rings (SSSR count). The normalized spacial score (nSPS) is 16.6. The lowest BCUT2D eigenvalue weighted by Crippen LogP contribution is -2.46. The molecule has 1 fully saturated rings. The van der Waals surface area contributed by atoms with Crippen molar-refractivity contribution < 1.29 is 4.79 Å². The summed E-state index contributed by atoms with van der Waals surface area (Å²) in [5.41, 5.74) is 3.88. The van der Waals surface area contributed by atoms with Crippen LogP contribution in [0.2, 0.25) is 0 Å². The average Bonchev–Trinajstić information content (AvgIpc) is 2.84. The molecule has 1 amide bonds. The summed E-state index contributed by atoms with van der Waals surface area (Å²) in [6.45, 7) is 6.17. The van der Waals surface area contributed by atoms with Gasteiger partial charge >= 0.3 is 0 Å². The molecule has 0 bridgehead atoms. The fourth-order valence-corrected chi connectivity index (χ4v) is 5.04. The molecule has 1 aliphatic carbocycles. The van der Waals surface area contributed by atoms with Gasteiger partial charge < -0.3 is 14.8 Å². The van der Waals surface area contributed by atoms with Crippen molar-refractivity contribution in [1.29, 1.82) is 0 Å². The fourth-order valence-electron chi connectivity index (χ4n) is 5.04. The standard InChI is InChI=1S/C25H30N6O2/c1-3-30-14-20(22(32)19-9-8-16(2)28-24(19)30)25(33)29-17-10-12-31(13-11-17)23-18-6-4-5-7-21(18)26-15-27-23/h8-9,14-15,17H,3-7,10-13H2,1-2H3,(H,29,33). The molecule has 1 aliphatic heterocycles. The Labute approximate surface area is 193 Å². The lowest BCUT2D eigenvalue weighted by molar-refractivity contribution is 0.0929. The minimum Gasteiger partial charge on any atom is -0.356 e. The van der Waals surface area contributed by atoms with Crippen LogP contribution in [0, 0.1) is 6.92 Å². The van der Waals surface area contributed by atoms with Gasteiger partial charge in [-0.05, 0) is 64.5 Å². The van der Waals surface area contributed by atoms with Crippen LogP contribution in [-0.4, -0.2) is 44.6 Å². The fraction of sp³-hybridized carbons (Fsp3) is 0.480. The summed E-state index contributed by atoms with van der Waals surface area (Å²) in [5, 5.41) is 3.59. The molecule has 1 N–H and O–H groups in total. The maximum Gasteiger partial charge on any atom is 0.256 e. The van der Waals surface area contributed by atoms with Gasteiger partial charge in [-0.25, -0.2) is 15.0 Å². The van der Waals surface area contributed by atoms with Gasteiger partial charge in [-0.2, -0.15) is 0 Å². The summed E-state index contributed by atoms with van der Waals surface area (Å²) in [5.74, 6) is 0.759. The Balaban J connectivity index is 1.30. The maximum atomic E-state index is 13.1. The third-order valence-electron chi connectivity index (χ3n) is 6.88. The quantitative estimate of drug-likeness (QED) is 0.663. The van der Waals surface area contributed by atoms with Crippen molar-refractivity contribution in [3.05, 3.63) is 57.4 Å². The van der Waals surface area contributed by atoms with Crippen molar-refractivity contribution in [1.82, 2.24) is 24.8 Å². The second-order valence-corrected chi connectivity index (χ2v) is 9.05. The summed E-state index contributed by atoms with van der Waals surface area (Å²) >= 11 is 0. The van der Waals surface area contributed by atoms with Gasteiger partial charge in [0, 0.05) is 48.8 Å². The van der Waals surface area contributed by atoms with Crippen molar-refractivity contribution in [3.63, 3.8) is 0 Å². The molecule has 4 heterocycles. The van der Waals surface area contributed by atoms with Crippen LogP contribution in [0.4, 0.5) is 5.82 Å². The Morgan fingerprint density at radius 1 is 1.15 bits per heavy atom. The summed E-state index contributed by atoms with van der Waals surface area (Å²) in [4.78, 5) is 42.0. The molecule has 0 aromatic carbocycles. The van der Waals surface area contributed by atoms with Crippen LogP contribution >= 0.6 is 0 Å². The van der Waals surface area contributed by atoms with Crippen LogP contribution in [0.5, 0.6) is 0 Å². The summed E-state index contributed by atoms with van der Waals surface area (Å²) in [6.07, 6.45) is 9.44. The van der Waals surface area contributed by atoms with Crippen LogP contribution in [0.25, 0.3) is 11.0 Å². The highest BCUT2D eigenvalue weighted by molar-refractivity contribution is 5.97. The molecule has 0 radical (unpaired) electrons. The van der Waals surface area contributed by atoms with E-state index in [-0.39, 0.29) is 22.9 Å². The molecule has 0 saturated carbocycles. The van der Waals surface area contributed by atoms with E-state index >= 15 is 0 Å². The van der Waals surface area contributed by atoms with Crippen LogP contribution < -0.4 is 15.6 Å². The van der Waals surface area contributed by atoms with E-state index in [2.05, 4.69) is 25.2 Å². The predicted molar refractivity (Wildman–Crippen MR) is 128 cm³/mol. The zero-order valence-corrected chi connectivity index (χ0v) is 19.3. The Bertz CT molecular complexity index is 1260. The van der Waals surface area contributed by atoms with Crippen molar-refractivity contribution in [2.45, 2.75) is 65.0 Å². The number of aromatic nitrogens is 4. The molecule has 0 spiro atoms. The molecule has 0 unspecified atom stereocenters. The molecule has 33 heavy (non-hydrogen) atoms. The molecule has 2 aliphatic rings. The Kier molecular flexibility index (Phi) is 5.83. The molecule has 172 valence electrons. The van der Waals surface area contributed by atoms with E-state index in [1.54, 1.807) is 18.6 Å². The number of carbonyl (C=O) groups excluding carboxylic acids is 1. The van der Waals surface area contributed by atoms with E-state index < -0.39 is 0 Å². The number of carbonyl (C=O) groups is 1. The molecule has 3 aromatic heterocycles. The number of nitrogens with zero attached hydrogens (tertiary/aromatic N) is 5. The Morgan fingerprint density at radius 3 is 2.73 bits per heavy atom. The van der Waals surface area contributed by atoms with E-state index in [4.69, 9.17) is 0 Å². The highest BCUT2D eigenvalue weighted by atomic mass is 16.2. The monoisotopic (exact) mass is 446 g/mol. The summed E-state index contributed by atoms with van der Waals surface area (Å²) in [6, 6.07) is 3.62. The smallest absolute Gasteiger partial charge is 0.256 e. The summed E-state index contributed by atoms with van der Waals surface area (Å²) < 4.78 is 1.87. The zero-order valence-electron chi connectivity index (χ0n) is 19.3.